The van der Waals surface area contributed by atoms with Gasteiger partial charge in [-0.05, 0) is 37.1 Å². The maximum atomic E-state index is 12.9. The number of thiazole rings is 1. The molecule has 0 spiro atoms. The first-order valence-corrected chi connectivity index (χ1v) is 14.5. The lowest BCUT2D eigenvalue weighted by Gasteiger charge is -2.15. The van der Waals surface area contributed by atoms with Gasteiger partial charge in [0.25, 0.3) is 5.91 Å². The number of halogens is 3. The van der Waals surface area contributed by atoms with E-state index in [9.17, 15) is 13.2 Å². The van der Waals surface area contributed by atoms with E-state index >= 15 is 0 Å². The lowest BCUT2D eigenvalue weighted by atomic mass is 10.2. The summed E-state index contributed by atoms with van der Waals surface area (Å²) in [5.74, 6) is -0.397. The van der Waals surface area contributed by atoms with Crippen LogP contribution in [-0.4, -0.2) is 36.7 Å². The summed E-state index contributed by atoms with van der Waals surface area (Å²) in [6, 6.07) is 9.92. The Morgan fingerprint density at radius 1 is 1.06 bits per heavy atom. The molecular weight excluding hydrogens is 557 g/mol. The highest BCUT2D eigenvalue weighted by Crippen LogP contribution is 2.41. The van der Waals surface area contributed by atoms with Crippen molar-refractivity contribution >= 4 is 88.6 Å². The van der Waals surface area contributed by atoms with Crippen LogP contribution >= 0.6 is 57.5 Å². The van der Waals surface area contributed by atoms with E-state index in [2.05, 4.69) is 10.3 Å². The predicted molar refractivity (Wildman–Crippen MR) is 140 cm³/mol. The number of carbonyl (C=O) groups excluding carboxylic acids is 1. The first-order chi connectivity index (χ1) is 16.2. The third kappa shape index (κ3) is 4.46. The number of nitrogens with zero attached hydrogens (tertiary/aromatic N) is 2. The monoisotopic (exact) mass is 571 g/mol. The summed E-state index contributed by atoms with van der Waals surface area (Å²) in [6.07, 6.45) is 1.77. The van der Waals surface area contributed by atoms with Crippen LogP contribution in [0.1, 0.15) is 22.5 Å². The molecule has 0 aliphatic carbocycles. The van der Waals surface area contributed by atoms with Crippen molar-refractivity contribution in [2.45, 2.75) is 17.7 Å². The van der Waals surface area contributed by atoms with Gasteiger partial charge in [-0.2, -0.15) is 4.31 Å². The second-order valence-corrected chi connectivity index (χ2v) is 12.7. The number of rotatable bonds is 5. The van der Waals surface area contributed by atoms with E-state index < -0.39 is 15.9 Å². The molecule has 176 valence electrons. The third-order valence-electron chi connectivity index (χ3n) is 5.43. The number of hydrogen-bond donors (Lipinski definition) is 1. The van der Waals surface area contributed by atoms with Crippen LogP contribution in [0.3, 0.4) is 0 Å². The van der Waals surface area contributed by atoms with Gasteiger partial charge in [0.05, 0.1) is 20.6 Å². The zero-order valence-electron chi connectivity index (χ0n) is 17.3. The number of benzene rings is 2. The summed E-state index contributed by atoms with van der Waals surface area (Å²) in [4.78, 5) is 17.9. The van der Waals surface area contributed by atoms with E-state index in [4.69, 9.17) is 34.8 Å². The van der Waals surface area contributed by atoms with Crippen molar-refractivity contribution in [1.82, 2.24) is 9.29 Å². The van der Waals surface area contributed by atoms with E-state index in [0.29, 0.717) is 44.2 Å². The summed E-state index contributed by atoms with van der Waals surface area (Å²) in [5.41, 5.74) is 1.38. The van der Waals surface area contributed by atoms with E-state index in [1.54, 1.807) is 41.8 Å². The normalized spacial score (nSPS) is 14.7. The van der Waals surface area contributed by atoms with Gasteiger partial charge in [0, 0.05) is 39.1 Å². The smallest absolute Gasteiger partial charge is 0.269 e. The molecule has 0 saturated carbocycles. The van der Waals surface area contributed by atoms with E-state index in [-0.39, 0.29) is 9.92 Å². The van der Waals surface area contributed by atoms with Gasteiger partial charge >= 0.3 is 0 Å². The molecule has 5 rings (SSSR count). The second-order valence-electron chi connectivity index (χ2n) is 7.63. The number of sulfonamides is 1. The number of carbonyl (C=O) groups is 1. The molecule has 0 bridgehead atoms. The zero-order valence-corrected chi connectivity index (χ0v) is 22.1. The molecule has 6 nitrogen and oxygen atoms in total. The minimum Gasteiger partial charge on any atom is -0.297 e. The van der Waals surface area contributed by atoms with Crippen LogP contribution in [0.15, 0.2) is 46.7 Å². The Morgan fingerprint density at radius 3 is 2.47 bits per heavy atom. The second kappa shape index (κ2) is 9.39. The number of hydrogen-bond acceptors (Lipinski definition) is 6. The first-order valence-electron chi connectivity index (χ1n) is 10.2. The number of aromatic nitrogens is 1. The van der Waals surface area contributed by atoms with Gasteiger partial charge in [0.15, 0.2) is 5.13 Å². The van der Waals surface area contributed by atoms with Crippen molar-refractivity contribution in [2.24, 2.45) is 0 Å². The topological polar surface area (TPSA) is 79.4 Å². The number of thiophene rings is 1. The van der Waals surface area contributed by atoms with Crippen LogP contribution in [0, 0.1) is 0 Å². The molecule has 0 radical (unpaired) electrons. The summed E-state index contributed by atoms with van der Waals surface area (Å²) >= 11 is 21.2. The molecule has 1 amide bonds. The van der Waals surface area contributed by atoms with Crippen molar-refractivity contribution in [3.8, 4) is 11.3 Å². The van der Waals surface area contributed by atoms with Crippen LogP contribution < -0.4 is 5.32 Å². The molecule has 12 heteroatoms. The summed E-state index contributed by atoms with van der Waals surface area (Å²) < 4.78 is 27.7. The van der Waals surface area contributed by atoms with Crippen molar-refractivity contribution in [3.05, 3.63) is 61.7 Å². The van der Waals surface area contributed by atoms with Gasteiger partial charge in [-0.15, -0.1) is 22.7 Å². The highest BCUT2D eigenvalue weighted by atomic mass is 35.5. The largest absolute Gasteiger partial charge is 0.297 e. The fourth-order valence-corrected chi connectivity index (χ4v) is 8.26. The molecule has 1 fully saturated rings. The molecule has 0 unspecified atom stereocenters. The lowest BCUT2D eigenvalue weighted by Crippen LogP contribution is -2.27. The van der Waals surface area contributed by atoms with E-state index in [0.717, 1.165) is 23.1 Å². The predicted octanol–water partition coefficient (Wildman–Crippen LogP) is 7.02. The van der Waals surface area contributed by atoms with Gasteiger partial charge < -0.3 is 0 Å². The Hall–Kier alpha value is -1.72. The van der Waals surface area contributed by atoms with Crippen molar-refractivity contribution in [2.75, 3.05) is 18.4 Å². The molecule has 2 aromatic carbocycles. The highest BCUT2D eigenvalue weighted by molar-refractivity contribution is 7.89. The van der Waals surface area contributed by atoms with Crippen LogP contribution in [-0.2, 0) is 10.0 Å². The van der Waals surface area contributed by atoms with Gasteiger partial charge in [0.2, 0.25) is 10.0 Å². The van der Waals surface area contributed by atoms with Crippen molar-refractivity contribution in [1.29, 1.82) is 0 Å². The lowest BCUT2D eigenvalue weighted by molar-refractivity contribution is 0.103. The van der Waals surface area contributed by atoms with Crippen LogP contribution in [0.4, 0.5) is 5.13 Å². The van der Waals surface area contributed by atoms with Gasteiger partial charge in [0.1, 0.15) is 4.88 Å². The molecule has 4 aromatic rings. The fraction of sp³-hybridized carbons (Fsp3) is 0.182. The number of amides is 1. The summed E-state index contributed by atoms with van der Waals surface area (Å²) in [6.45, 7) is 1.12. The van der Waals surface area contributed by atoms with Gasteiger partial charge in [-0.25, -0.2) is 13.4 Å². The standard InChI is InChI=1S/C22H16Cl3N3O3S3/c23-13-9-15(24)18-17(10-13)33-20(19(18)25)21(29)27-22-26-16(11-32-22)12-3-5-14(6-4-12)34(30,31)28-7-1-2-8-28/h3-6,9-11H,1-2,7-8H2,(H,26,27,29). The Kier molecular flexibility index (Phi) is 6.62. The number of fused-ring (bicyclic) bond motifs is 1. The molecule has 1 aliphatic rings. The third-order valence-corrected chi connectivity index (χ3v) is 10.2. The van der Waals surface area contributed by atoms with Crippen molar-refractivity contribution in [3.63, 3.8) is 0 Å². The minimum absolute atomic E-state index is 0.264. The molecule has 1 saturated heterocycles. The maximum absolute atomic E-state index is 12.9. The zero-order chi connectivity index (χ0) is 24.0. The average molecular weight is 573 g/mol. The van der Waals surface area contributed by atoms with Gasteiger partial charge in [-0.3, -0.25) is 10.1 Å². The quantitative estimate of drug-likeness (QED) is 0.279. The maximum Gasteiger partial charge on any atom is 0.269 e. The molecule has 1 aliphatic heterocycles. The molecular formula is C22H16Cl3N3O3S3. The molecule has 1 N–H and O–H groups in total. The van der Waals surface area contributed by atoms with Crippen LogP contribution in [0.25, 0.3) is 21.3 Å². The summed E-state index contributed by atoms with van der Waals surface area (Å²) in [5, 5.41) is 6.67. The van der Waals surface area contributed by atoms with Crippen LogP contribution in [0.2, 0.25) is 15.1 Å². The number of nitrogens with one attached hydrogen (secondary N) is 1. The first kappa shape index (κ1) is 24.0. The van der Waals surface area contributed by atoms with E-state index in [1.165, 1.54) is 27.0 Å². The molecule has 34 heavy (non-hydrogen) atoms. The summed E-state index contributed by atoms with van der Waals surface area (Å²) in [7, 11) is -3.47. The SMILES string of the molecule is O=C(Nc1nc(-c2ccc(S(=O)(=O)N3CCCC3)cc2)cs1)c1sc2cc(Cl)cc(Cl)c2c1Cl. The van der Waals surface area contributed by atoms with Crippen LogP contribution in [0.5, 0.6) is 0 Å². The van der Waals surface area contributed by atoms with Gasteiger partial charge in [-0.1, -0.05) is 46.9 Å². The van der Waals surface area contributed by atoms with Crippen molar-refractivity contribution < 1.29 is 13.2 Å². The Morgan fingerprint density at radius 2 is 1.76 bits per heavy atom. The Bertz CT molecular complexity index is 1510. The van der Waals surface area contributed by atoms with E-state index in [1.807, 2.05) is 0 Å². The Labute approximate surface area is 219 Å². The number of anilines is 1. The fourth-order valence-electron chi connectivity index (χ4n) is 3.75. The Balaban J connectivity index is 1.34. The minimum atomic E-state index is -3.47. The molecule has 0 atom stereocenters. The average Bonchev–Trinajstić information content (AvgIpc) is 3.54. The highest BCUT2D eigenvalue weighted by Gasteiger charge is 2.27. The molecule has 2 aromatic heterocycles. The molecule has 3 heterocycles.